The first-order valence-electron chi connectivity index (χ1n) is 7.61. The van der Waals surface area contributed by atoms with Crippen molar-refractivity contribution in [2.75, 3.05) is 11.5 Å². The molecule has 0 amide bonds. The lowest BCUT2D eigenvalue weighted by Gasteiger charge is -2.15. The van der Waals surface area contributed by atoms with Crippen molar-refractivity contribution in [3.63, 3.8) is 0 Å². The molecule has 0 unspecified atom stereocenters. The maximum atomic E-state index is 13.7. The minimum atomic E-state index is -2.71. The van der Waals surface area contributed by atoms with Gasteiger partial charge in [0.2, 0.25) is 5.92 Å². The molecule has 0 atom stereocenters. The fourth-order valence-electron chi connectivity index (χ4n) is 2.30. The Bertz CT molecular complexity index is 731. The molecule has 0 spiro atoms. The van der Waals surface area contributed by atoms with Crippen molar-refractivity contribution in [2.24, 2.45) is 0 Å². The summed E-state index contributed by atoms with van der Waals surface area (Å²) in [4.78, 5) is 22.4. The average Bonchev–Trinajstić information content (AvgIpc) is 2.55. The van der Waals surface area contributed by atoms with E-state index in [4.69, 9.17) is 4.42 Å². The highest BCUT2D eigenvalue weighted by atomic mass is 32.2. The van der Waals surface area contributed by atoms with Gasteiger partial charge in [-0.25, -0.2) is 13.6 Å². The van der Waals surface area contributed by atoms with Crippen LogP contribution in [0.25, 0.3) is 11.0 Å². The van der Waals surface area contributed by atoms with Crippen molar-refractivity contribution in [1.29, 1.82) is 0 Å². The Labute approximate surface area is 147 Å². The molecule has 2 rings (SSSR count). The van der Waals surface area contributed by atoms with Gasteiger partial charge in [-0.1, -0.05) is 30.0 Å². The fourth-order valence-corrected chi connectivity index (χ4v) is 3.72. The van der Waals surface area contributed by atoms with E-state index in [1.165, 1.54) is 17.8 Å². The van der Waals surface area contributed by atoms with Gasteiger partial charge in [-0.15, -0.1) is 11.8 Å². The Morgan fingerprint density at radius 3 is 2.58 bits per heavy atom. The molecule has 1 heterocycles. The van der Waals surface area contributed by atoms with Crippen LogP contribution in [-0.4, -0.2) is 23.0 Å². The van der Waals surface area contributed by atoms with E-state index >= 15 is 0 Å². The molecule has 24 heavy (non-hydrogen) atoms. The third-order valence-corrected chi connectivity index (χ3v) is 5.23. The second-order valence-electron chi connectivity index (χ2n) is 5.30. The first-order chi connectivity index (χ1) is 11.5. The highest BCUT2D eigenvalue weighted by Gasteiger charge is 2.27. The molecule has 0 radical (unpaired) electrons. The van der Waals surface area contributed by atoms with Gasteiger partial charge in [-0.2, -0.15) is 0 Å². The lowest BCUT2D eigenvalue weighted by molar-refractivity contribution is -0.0167. The van der Waals surface area contributed by atoms with Gasteiger partial charge < -0.3 is 4.42 Å². The van der Waals surface area contributed by atoms with Gasteiger partial charge in [0.15, 0.2) is 5.62 Å². The molecule has 130 valence electrons. The Balaban J connectivity index is 1.84. The molecular weight excluding hydrogens is 354 g/mol. The Kier molecular flexibility index (Phi) is 7.30. The SMILES string of the molecule is O=CSCCCC(F)(F)CCCSc1cc(=O)oc2ccccc12. The Hall–Kier alpha value is -1.34. The van der Waals surface area contributed by atoms with Crippen molar-refractivity contribution in [3.05, 3.63) is 40.8 Å². The van der Waals surface area contributed by atoms with Crippen LogP contribution in [0.4, 0.5) is 8.78 Å². The first kappa shape index (κ1) is 19.0. The van der Waals surface area contributed by atoms with Gasteiger partial charge in [-0.05, 0) is 24.7 Å². The number of carbonyl (C=O) groups is 1. The largest absolute Gasteiger partial charge is 0.423 e. The highest BCUT2D eigenvalue weighted by Crippen LogP contribution is 2.30. The van der Waals surface area contributed by atoms with E-state index in [-0.39, 0.29) is 12.8 Å². The maximum Gasteiger partial charge on any atom is 0.337 e. The summed E-state index contributed by atoms with van der Waals surface area (Å²) in [5.41, 5.74) is 0.745. The van der Waals surface area contributed by atoms with Crippen molar-refractivity contribution < 1.29 is 18.0 Å². The summed E-state index contributed by atoms with van der Waals surface area (Å²) in [5, 5.41) is 0.819. The number of benzene rings is 1. The lowest BCUT2D eigenvalue weighted by Crippen LogP contribution is -2.16. The zero-order valence-corrected chi connectivity index (χ0v) is 14.6. The van der Waals surface area contributed by atoms with E-state index in [1.807, 2.05) is 12.1 Å². The van der Waals surface area contributed by atoms with Gasteiger partial charge in [0.05, 0.1) is 0 Å². The van der Waals surface area contributed by atoms with Crippen LogP contribution < -0.4 is 5.63 Å². The molecule has 0 N–H and O–H groups in total. The summed E-state index contributed by atoms with van der Waals surface area (Å²) in [6, 6.07) is 8.59. The van der Waals surface area contributed by atoms with E-state index in [0.29, 0.717) is 35.5 Å². The van der Waals surface area contributed by atoms with Gasteiger partial charge in [-0.3, -0.25) is 4.79 Å². The zero-order valence-electron chi connectivity index (χ0n) is 13.0. The predicted octanol–water partition coefficient (Wildman–Crippen LogP) is 5.00. The van der Waals surface area contributed by atoms with Crippen molar-refractivity contribution >= 4 is 40.1 Å². The molecule has 0 bridgehead atoms. The molecule has 1 aromatic carbocycles. The van der Waals surface area contributed by atoms with Crippen LogP contribution in [0, 0.1) is 0 Å². The monoisotopic (exact) mass is 372 g/mol. The molecule has 3 nitrogen and oxygen atoms in total. The van der Waals surface area contributed by atoms with Gasteiger partial charge in [0.1, 0.15) is 5.58 Å². The number of carbonyl (C=O) groups excluding carboxylic acids is 1. The number of hydrogen-bond donors (Lipinski definition) is 0. The van der Waals surface area contributed by atoms with Gasteiger partial charge >= 0.3 is 5.63 Å². The number of alkyl halides is 2. The highest BCUT2D eigenvalue weighted by molar-refractivity contribution is 8.11. The van der Waals surface area contributed by atoms with Crippen LogP contribution in [0.3, 0.4) is 0 Å². The predicted molar refractivity (Wildman–Crippen MR) is 95.8 cm³/mol. The van der Waals surface area contributed by atoms with Crippen LogP contribution in [0.1, 0.15) is 25.7 Å². The second kappa shape index (κ2) is 9.22. The molecule has 0 fully saturated rings. The third kappa shape index (κ3) is 5.94. The maximum absolute atomic E-state index is 13.7. The van der Waals surface area contributed by atoms with Crippen molar-refractivity contribution in [2.45, 2.75) is 36.5 Å². The normalized spacial score (nSPS) is 11.8. The molecular formula is C17H18F2O3S2. The Morgan fingerprint density at radius 2 is 1.83 bits per heavy atom. The van der Waals surface area contributed by atoms with E-state index in [1.54, 1.807) is 12.1 Å². The van der Waals surface area contributed by atoms with Gasteiger partial charge in [0, 0.05) is 34.9 Å². The van der Waals surface area contributed by atoms with E-state index < -0.39 is 11.5 Å². The van der Waals surface area contributed by atoms with Crippen LogP contribution in [0.15, 0.2) is 44.4 Å². The van der Waals surface area contributed by atoms with Gasteiger partial charge in [0.25, 0.3) is 0 Å². The lowest BCUT2D eigenvalue weighted by atomic mass is 10.1. The second-order valence-corrected chi connectivity index (χ2v) is 7.38. The fraction of sp³-hybridized carbons (Fsp3) is 0.412. The van der Waals surface area contributed by atoms with Crippen LogP contribution in [-0.2, 0) is 4.79 Å². The number of thioether (sulfide) groups is 2. The van der Waals surface area contributed by atoms with Crippen LogP contribution >= 0.6 is 23.5 Å². The summed E-state index contributed by atoms with van der Waals surface area (Å²) in [6.07, 6.45) is 0.294. The summed E-state index contributed by atoms with van der Waals surface area (Å²) < 4.78 is 32.6. The number of rotatable bonds is 10. The van der Waals surface area contributed by atoms with E-state index in [0.717, 1.165) is 22.0 Å². The van der Waals surface area contributed by atoms with E-state index in [9.17, 15) is 18.4 Å². The topological polar surface area (TPSA) is 47.3 Å². The molecule has 0 aliphatic rings. The molecule has 2 aromatic rings. The van der Waals surface area contributed by atoms with Crippen LogP contribution in [0.2, 0.25) is 0 Å². The van der Waals surface area contributed by atoms with E-state index in [2.05, 4.69) is 0 Å². The zero-order chi connectivity index (χ0) is 17.4. The first-order valence-corrected chi connectivity index (χ1v) is 9.64. The van der Waals surface area contributed by atoms with Crippen molar-refractivity contribution in [1.82, 2.24) is 0 Å². The number of para-hydroxylation sites is 1. The molecule has 7 heteroatoms. The smallest absolute Gasteiger partial charge is 0.337 e. The molecule has 0 aliphatic heterocycles. The number of halogens is 2. The Morgan fingerprint density at radius 1 is 1.12 bits per heavy atom. The minimum Gasteiger partial charge on any atom is -0.423 e. The average molecular weight is 372 g/mol. The standard InChI is InChI=1S/C17H18F2O3S2/c18-17(19,7-3-9-23-12-20)8-4-10-24-15-11-16(21)22-14-6-2-1-5-13(14)15/h1-2,5-6,11-12H,3-4,7-10H2. The summed E-state index contributed by atoms with van der Waals surface area (Å²) in [7, 11) is 0. The van der Waals surface area contributed by atoms with Crippen LogP contribution in [0.5, 0.6) is 0 Å². The number of hydrogen-bond acceptors (Lipinski definition) is 5. The minimum absolute atomic E-state index is 0.189. The summed E-state index contributed by atoms with van der Waals surface area (Å²) >= 11 is 2.41. The quantitative estimate of drug-likeness (QED) is 0.254. The number of fused-ring (bicyclic) bond motifs is 1. The molecule has 0 saturated carbocycles. The summed E-state index contributed by atoms with van der Waals surface area (Å²) in [5.74, 6) is -1.77. The molecule has 0 aliphatic carbocycles. The molecule has 0 saturated heterocycles. The van der Waals surface area contributed by atoms with Crippen molar-refractivity contribution in [3.8, 4) is 0 Å². The summed E-state index contributed by atoms with van der Waals surface area (Å²) in [6.45, 7) is 0. The molecule has 1 aromatic heterocycles. The third-order valence-electron chi connectivity index (χ3n) is 3.43.